The summed E-state index contributed by atoms with van der Waals surface area (Å²) in [6, 6.07) is 24.5. The van der Waals surface area contributed by atoms with Gasteiger partial charge in [-0.1, -0.05) is 68.4 Å². The van der Waals surface area contributed by atoms with Crippen LogP contribution in [0.1, 0.15) is 66.9 Å². The summed E-state index contributed by atoms with van der Waals surface area (Å²) in [4.78, 5) is 15.2. The number of rotatable bonds is 10. The Morgan fingerprint density at radius 1 is 0.943 bits per heavy atom. The van der Waals surface area contributed by atoms with E-state index in [0.29, 0.717) is 29.8 Å². The first-order chi connectivity index (χ1) is 17.1. The molecule has 2 N–H and O–H groups in total. The van der Waals surface area contributed by atoms with Gasteiger partial charge in [-0.15, -0.1) is 0 Å². The summed E-state index contributed by atoms with van der Waals surface area (Å²) in [6.45, 7) is 7.36. The van der Waals surface area contributed by atoms with Gasteiger partial charge in [-0.3, -0.25) is 9.69 Å². The van der Waals surface area contributed by atoms with Crippen molar-refractivity contribution < 1.29 is 9.90 Å². The van der Waals surface area contributed by atoms with Crippen molar-refractivity contribution in [2.45, 2.75) is 57.9 Å². The van der Waals surface area contributed by atoms with Crippen LogP contribution in [0.4, 0.5) is 0 Å². The molecule has 4 rings (SSSR count). The highest BCUT2D eigenvalue weighted by molar-refractivity contribution is 5.94. The van der Waals surface area contributed by atoms with Gasteiger partial charge in [-0.25, -0.2) is 0 Å². The van der Waals surface area contributed by atoms with Gasteiger partial charge in [-0.05, 0) is 91.6 Å². The molecule has 3 aromatic rings. The van der Waals surface area contributed by atoms with Crippen LogP contribution in [-0.2, 0) is 6.42 Å². The fourth-order valence-corrected chi connectivity index (χ4v) is 5.46. The number of carbonyl (C=O) groups excluding carboxylic acids is 1. The Kier molecular flexibility index (Phi) is 8.59. The highest BCUT2D eigenvalue weighted by Gasteiger charge is 2.31. The van der Waals surface area contributed by atoms with E-state index in [1.165, 1.54) is 5.56 Å². The molecule has 0 aliphatic heterocycles. The lowest BCUT2D eigenvalue weighted by Gasteiger charge is -2.40. The lowest BCUT2D eigenvalue weighted by Crippen LogP contribution is -2.42. The summed E-state index contributed by atoms with van der Waals surface area (Å²) in [5.74, 6) is 0.851. The number of unbranched alkanes of at least 4 members (excludes halogenated alkanes) is 1. The van der Waals surface area contributed by atoms with E-state index in [9.17, 15) is 9.90 Å². The van der Waals surface area contributed by atoms with Crippen LogP contribution in [0, 0.1) is 0 Å². The fraction of sp³-hybridized carbons (Fsp3) is 0.387. The van der Waals surface area contributed by atoms with Gasteiger partial charge in [0.1, 0.15) is 5.75 Å². The van der Waals surface area contributed by atoms with E-state index in [4.69, 9.17) is 0 Å². The minimum absolute atomic E-state index is 0.00709. The van der Waals surface area contributed by atoms with E-state index in [1.54, 1.807) is 0 Å². The zero-order valence-corrected chi connectivity index (χ0v) is 21.0. The number of nitrogens with one attached hydrogen (secondary N) is 1. The SMILES string of the molecule is CCCN(CCCCNC(=O)c1ccc(-c2ccccc2)cc1)[C@@H]1CCc2c(O)cccc2[C@@H]1C. The Balaban J connectivity index is 1.25. The average molecular weight is 471 g/mol. The molecular weight excluding hydrogens is 432 g/mol. The third kappa shape index (κ3) is 6.12. The van der Waals surface area contributed by atoms with Crippen molar-refractivity contribution in [3.63, 3.8) is 0 Å². The second kappa shape index (κ2) is 12.0. The maximum atomic E-state index is 12.6. The number of benzene rings is 3. The third-order valence-corrected chi connectivity index (χ3v) is 7.34. The molecule has 1 amide bonds. The van der Waals surface area contributed by atoms with Crippen LogP contribution in [0.15, 0.2) is 72.8 Å². The Labute approximate surface area is 210 Å². The monoisotopic (exact) mass is 470 g/mol. The molecule has 0 radical (unpaired) electrons. The van der Waals surface area contributed by atoms with E-state index in [1.807, 2.05) is 54.6 Å². The third-order valence-electron chi connectivity index (χ3n) is 7.34. The van der Waals surface area contributed by atoms with Crippen molar-refractivity contribution in [1.29, 1.82) is 0 Å². The molecule has 0 saturated heterocycles. The molecule has 3 aromatic carbocycles. The molecule has 35 heavy (non-hydrogen) atoms. The second-order valence-corrected chi connectivity index (χ2v) is 9.68. The minimum Gasteiger partial charge on any atom is -0.508 e. The predicted octanol–water partition coefficient (Wildman–Crippen LogP) is 6.40. The van der Waals surface area contributed by atoms with E-state index >= 15 is 0 Å². The summed E-state index contributed by atoms with van der Waals surface area (Å²) in [5, 5.41) is 13.3. The number of amides is 1. The van der Waals surface area contributed by atoms with Crippen molar-refractivity contribution in [1.82, 2.24) is 10.2 Å². The molecule has 0 saturated carbocycles. The Morgan fingerprint density at radius 3 is 2.43 bits per heavy atom. The van der Waals surface area contributed by atoms with Crippen molar-refractivity contribution in [3.8, 4) is 16.9 Å². The molecule has 0 fully saturated rings. The van der Waals surface area contributed by atoms with Crippen molar-refractivity contribution in [2.75, 3.05) is 19.6 Å². The standard InChI is InChI=1S/C31H38N2O2/c1-3-21-33(29-19-18-28-27(23(29)2)12-9-13-30(28)34)22-8-7-20-32-31(35)26-16-14-25(15-17-26)24-10-5-4-6-11-24/h4-6,9-17,23,29,34H,3,7-8,18-22H2,1-2H3,(H,32,35)/t23-,29+/m0/s1. The average Bonchev–Trinajstić information content (AvgIpc) is 2.89. The van der Waals surface area contributed by atoms with Crippen molar-refractivity contribution >= 4 is 5.91 Å². The lowest BCUT2D eigenvalue weighted by molar-refractivity contribution is 0.0951. The topological polar surface area (TPSA) is 52.6 Å². The van der Waals surface area contributed by atoms with Crippen LogP contribution >= 0.6 is 0 Å². The molecule has 0 heterocycles. The van der Waals surface area contributed by atoms with Gasteiger partial charge in [0, 0.05) is 18.2 Å². The Hall–Kier alpha value is -3.11. The summed E-state index contributed by atoms with van der Waals surface area (Å²) in [7, 11) is 0. The van der Waals surface area contributed by atoms with Gasteiger partial charge < -0.3 is 10.4 Å². The molecule has 1 aliphatic carbocycles. The molecular formula is C31H38N2O2. The first-order valence-corrected chi connectivity index (χ1v) is 13.1. The van der Waals surface area contributed by atoms with Gasteiger partial charge in [0.05, 0.1) is 0 Å². The quantitative estimate of drug-likeness (QED) is 0.337. The van der Waals surface area contributed by atoms with E-state index in [0.717, 1.165) is 61.9 Å². The molecule has 184 valence electrons. The van der Waals surface area contributed by atoms with Gasteiger partial charge in [0.25, 0.3) is 5.91 Å². The molecule has 0 aromatic heterocycles. The Bertz CT molecular complexity index is 1090. The van der Waals surface area contributed by atoms with Crippen LogP contribution in [0.5, 0.6) is 5.75 Å². The van der Waals surface area contributed by atoms with Gasteiger partial charge in [-0.2, -0.15) is 0 Å². The number of nitrogens with zero attached hydrogens (tertiary/aromatic N) is 1. The summed E-state index contributed by atoms with van der Waals surface area (Å²) in [6.07, 6.45) is 5.18. The molecule has 1 aliphatic rings. The summed E-state index contributed by atoms with van der Waals surface area (Å²) < 4.78 is 0. The molecule has 0 bridgehead atoms. The number of aromatic hydroxyl groups is 1. The van der Waals surface area contributed by atoms with Crippen LogP contribution in [0.25, 0.3) is 11.1 Å². The number of hydrogen-bond donors (Lipinski definition) is 2. The number of phenols is 1. The minimum atomic E-state index is -0.00709. The fourth-order valence-electron chi connectivity index (χ4n) is 5.46. The Morgan fingerprint density at radius 2 is 1.69 bits per heavy atom. The molecule has 2 atom stereocenters. The highest BCUT2D eigenvalue weighted by atomic mass is 16.3. The van der Waals surface area contributed by atoms with Gasteiger partial charge >= 0.3 is 0 Å². The molecule has 0 spiro atoms. The largest absolute Gasteiger partial charge is 0.508 e. The molecule has 4 nitrogen and oxygen atoms in total. The van der Waals surface area contributed by atoms with Crippen LogP contribution < -0.4 is 5.32 Å². The zero-order valence-electron chi connectivity index (χ0n) is 21.0. The molecule has 0 unspecified atom stereocenters. The highest BCUT2D eigenvalue weighted by Crippen LogP contribution is 2.38. The van der Waals surface area contributed by atoms with E-state index < -0.39 is 0 Å². The summed E-state index contributed by atoms with van der Waals surface area (Å²) in [5.41, 5.74) is 5.41. The maximum Gasteiger partial charge on any atom is 0.251 e. The smallest absolute Gasteiger partial charge is 0.251 e. The van der Waals surface area contributed by atoms with Gasteiger partial charge in [0.15, 0.2) is 0 Å². The number of phenolic OH excluding ortho intramolecular Hbond substituents is 1. The van der Waals surface area contributed by atoms with Gasteiger partial charge in [0.2, 0.25) is 0 Å². The van der Waals surface area contributed by atoms with Crippen LogP contribution in [-0.4, -0.2) is 41.6 Å². The van der Waals surface area contributed by atoms with Crippen LogP contribution in [0.2, 0.25) is 0 Å². The zero-order chi connectivity index (χ0) is 24.6. The number of hydrogen-bond acceptors (Lipinski definition) is 3. The number of carbonyl (C=O) groups is 1. The predicted molar refractivity (Wildman–Crippen MR) is 144 cm³/mol. The maximum absolute atomic E-state index is 12.6. The normalized spacial score (nSPS) is 17.2. The first-order valence-electron chi connectivity index (χ1n) is 13.1. The van der Waals surface area contributed by atoms with E-state index in [2.05, 4.69) is 42.3 Å². The van der Waals surface area contributed by atoms with Crippen LogP contribution in [0.3, 0.4) is 0 Å². The lowest BCUT2D eigenvalue weighted by atomic mass is 9.79. The first kappa shape index (κ1) is 25.0. The number of fused-ring (bicyclic) bond motifs is 1. The summed E-state index contributed by atoms with van der Waals surface area (Å²) >= 11 is 0. The molecule has 4 heteroatoms. The van der Waals surface area contributed by atoms with Crippen molar-refractivity contribution in [2.24, 2.45) is 0 Å². The van der Waals surface area contributed by atoms with Crippen molar-refractivity contribution in [3.05, 3.63) is 89.5 Å². The van der Waals surface area contributed by atoms with E-state index in [-0.39, 0.29) is 5.91 Å². The second-order valence-electron chi connectivity index (χ2n) is 9.68.